The fourth-order valence-corrected chi connectivity index (χ4v) is 2.60. The van der Waals surface area contributed by atoms with Crippen molar-refractivity contribution in [2.45, 2.75) is 138 Å². The number of hydrogen-bond donors (Lipinski definition) is 2. The number of hydrogen-bond acceptors (Lipinski definition) is 5. The molecule has 0 radical (unpaired) electrons. The molecular formula is C29H54O6Ti. The molecule has 0 spiro atoms. The number of aliphatic hydroxyl groups excluding tert-OH is 1. The van der Waals surface area contributed by atoms with E-state index in [9.17, 15) is 14.4 Å². The van der Waals surface area contributed by atoms with Crippen molar-refractivity contribution >= 4 is 18.5 Å². The average molecular weight is 547 g/mol. The molecule has 6 nitrogen and oxygen atoms in total. The van der Waals surface area contributed by atoms with Gasteiger partial charge in [0.05, 0.1) is 0 Å². The summed E-state index contributed by atoms with van der Waals surface area (Å²) in [5, 5.41) is 16.6. The fraction of sp³-hybridized carbons (Fsp3) is 0.759. The minimum atomic E-state index is -0.654. The van der Waals surface area contributed by atoms with Crippen LogP contribution in [0, 0.1) is 5.92 Å². The zero-order valence-electron chi connectivity index (χ0n) is 24.0. The molecule has 0 atom stereocenters. The molecule has 2 N–H and O–H groups in total. The number of allylic oxidation sites excluding steroid dienone is 2. The number of aliphatic hydroxyl groups is 1. The van der Waals surface area contributed by atoms with E-state index >= 15 is 0 Å². The second kappa shape index (κ2) is 40.9. The van der Waals surface area contributed by atoms with E-state index in [2.05, 4.69) is 27.0 Å². The topological polar surface area (TPSA) is 109 Å². The van der Waals surface area contributed by atoms with Crippen LogP contribution < -0.4 is 0 Å². The van der Waals surface area contributed by atoms with Gasteiger partial charge in [0.2, 0.25) is 0 Å². The van der Waals surface area contributed by atoms with Crippen LogP contribution in [-0.4, -0.2) is 34.9 Å². The molecule has 0 saturated carbocycles. The van der Waals surface area contributed by atoms with Gasteiger partial charge in [-0.05, 0) is 38.8 Å². The Bertz CT molecular complexity index is 483. The molecule has 0 amide bonds. The van der Waals surface area contributed by atoms with Crippen molar-refractivity contribution < 1.29 is 48.3 Å². The monoisotopic (exact) mass is 546 g/mol. The van der Waals surface area contributed by atoms with Gasteiger partial charge in [0.25, 0.3) is 0 Å². The van der Waals surface area contributed by atoms with Crippen molar-refractivity contribution in [1.82, 2.24) is 0 Å². The number of carboxylic acids is 1. The summed E-state index contributed by atoms with van der Waals surface area (Å²) in [4.78, 5) is 28.9. The van der Waals surface area contributed by atoms with E-state index in [-0.39, 0.29) is 6.10 Å². The molecule has 0 aromatic rings. The molecule has 0 aliphatic heterocycles. The first-order valence-electron chi connectivity index (χ1n) is 13.1. The zero-order chi connectivity index (χ0) is 29.2. The van der Waals surface area contributed by atoms with E-state index in [0.717, 1.165) is 39.2 Å². The zero-order valence-corrected chi connectivity index (χ0v) is 25.6. The summed E-state index contributed by atoms with van der Waals surface area (Å²) in [5.41, 5.74) is 0.898. The molecule has 0 aromatic carbocycles. The number of carbonyl (C=O) groups excluding carboxylic acids is 2. The van der Waals surface area contributed by atoms with Gasteiger partial charge in [0.15, 0.2) is 0 Å². The van der Waals surface area contributed by atoms with Gasteiger partial charge >= 0.3 is 29.7 Å². The van der Waals surface area contributed by atoms with Crippen molar-refractivity contribution in [2.75, 3.05) is 0 Å². The average Bonchev–Trinajstić information content (AvgIpc) is 2.80. The molecule has 7 heteroatoms. The Morgan fingerprint density at radius 1 is 0.694 bits per heavy atom. The van der Waals surface area contributed by atoms with Gasteiger partial charge in [0, 0.05) is 12.5 Å². The fourth-order valence-electron chi connectivity index (χ4n) is 2.60. The van der Waals surface area contributed by atoms with E-state index in [0.29, 0.717) is 17.6 Å². The molecule has 0 unspecified atom stereocenters. The van der Waals surface area contributed by atoms with E-state index < -0.39 is 5.97 Å². The van der Waals surface area contributed by atoms with Crippen LogP contribution in [0.1, 0.15) is 131 Å². The minimum absolute atomic E-state index is 0.167. The standard InChI is InChI=1S/C18H36O2.2C4H5O.C3H8O.O.Ti/c1-17(2)15-13-11-9-7-5-3-4-6-8-10-12-14-16-18(19)20;2*1-4(2)3-5;1-3(2)4;;/h17H,3-16H2,1-2H3,(H,19,20);2*1H2,2H3;3-4H,1-2H3;;/q;2*-1;;;+2. The Balaban J connectivity index is -0.000000162. The number of aliphatic carboxylic acids is 1. The van der Waals surface area contributed by atoms with Gasteiger partial charge in [-0.25, -0.2) is 13.2 Å². The van der Waals surface area contributed by atoms with Gasteiger partial charge < -0.3 is 19.8 Å². The number of unbranched alkanes of at least 4 members (excludes halogenated alkanes) is 11. The Kier molecular flexibility index (Phi) is 50.8. The summed E-state index contributed by atoms with van der Waals surface area (Å²) in [5.74, 6) is 0.212. The van der Waals surface area contributed by atoms with Crippen LogP contribution in [0.3, 0.4) is 0 Å². The molecule has 0 bridgehead atoms. The van der Waals surface area contributed by atoms with Crippen LogP contribution in [0.2, 0.25) is 0 Å². The first-order chi connectivity index (χ1) is 16.9. The number of carboxylic acid groups (broad SMARTS) is 1. The molecule has 0 heterocycles. The second-order valence-electron chi connectivity index (χ2n) is 9.43. The van der Waals surface area contributed by atoms with E-state index in [4.69, 9.17) is 13.5 Å². The predicted molar refractivity (Wildman–Crippen MR) is 146 cm³/mol. The quantitative estimate of drug-likeness (QED) is 0.0834. The normalized spacial score (nSPS) is 9.19. The SMILES string of the molecule is C=C(C)[C-]=O.C=C(C)[C-]=O.CC(C)CCCCCCCCCCCCCCC(=O)O.CC(C)O.[O]=[Ti+2]. The predicted octanol–water partition coefficient (Wildman–Crippen LogP) is 7.80. The molecule has 0 aromatic heterocycles. The summed E-state index contributed by atoms with van der Waals surface area (Å²) in [6.07, 6.45) is 20.3. The van der Waals surface area contributed by atoms with Gasteiger partial charge in [-0.15, -0.1) is 0 Å². The Hall–Kier alpha value is -1.24. The third-order valence-electron chi connectivity index (χ3n) is 4.27. The Labute approximate surface area is 234 Å². The van der Waals surface area contributed by atoms with Gasteiger partial charge in [-0.3, -0.25) is 4.79 Å². The van der Waals surface area contributed by atoms with Crippen molar-refractivity contribution in [2.24, 2.45) is 5.92 Å². The Morgan fingerprint density at radius 2 is 0.917 bits per heavy atom. The molecule has 0 rings (SSSR count). The molecular weight excluding hydrogens is 492 g/mol. The van der Waals surface area contributed by atoms with Crippen molar-refractivity contribution in [1.29, 1.82) is 0 Å². The first-order valence-corrected chi connectivity index (χ1v) is 13.7. The van der Waals surface area contributed by atoms with Gasteiger partial charge in [0.1, 0.15) is 0 Å². The van der Waals surface area contributed by atoms with E-state index in [1.54, 1.807) is 40.3 Å². The molecule has 0 aliphatic carbocycles. The summed E-state index contributed by atoms with van der Waals surface area (Å²) in [7, 11) is 0. The molecule has 36 heavy (non-hydrogen) atoms. The second-order valence-corrected chi connectivity index (χ2v) is 9.43. The van der Waals surface area contributed by atoms with Crippen LogP contribution in [0.4, 0.5) is 0 Å². The first kappa shape index (κ1) is 44.7. The van der Waals surface area contributed by atoms with E-state index in [1.165, 1.54) is 70.6 Å². The maximum atomic E-state index is 10.3. The summed E-state index contributed by atoms with van der Waals surface area (Å²) >= 11 is 0.750. The van der Waals surface area contributed by atoms with Crippen LogP contribution in [0.5, 0.6) is 0 Å². The molecule has 0 fully saturated rings. The molecule has 0 saturated heterocycles. The molecule has 0 aliphatic rings. The summed E-state index contributed by atoms with van der Waals surface area (Å²) in [6.45, 7) is 17.8. The van der Waals surface area contributed by atoms with Crippen LogP contribution >= 0.6 is 0 Å². The molecule has 210 valence electrons. The summed E-state index contributed by atoms with van der Waals surface area (Å²) < 4.78 is 8.25. The van der Waals surface area contributed by atoms with Gasteiger partial charge in [-0.2, -0.15) is 11.1 Å². The van der Waals surface area contributed by atoms with Crippen molar-refractivity contribution in [3.63, 3.8) is 0 Å². The van der Waals surface area contributed by atoms with Crippen LogP contribution in [-0.2, 0) is 38.1 Å². The van der Waals surface area contributed by atoms with Crippen LogP contribution in [0.15, 0.2) is 24.3 Å². The third-order valence-corrected chi connectivity index (χ3v) is 4.27. The van der Waals surface area contributed by atoms with Crippen LogP contribution in [0.25, 0.3) is 0 Å². The van der Waals surface area contributed by atoms with E-state index in [1.807, 2.05) is 0 Å². The summed E-state index contributed by atoms with van der Waals surface area (Å²) in [6, 6.07) is 0. The Morgan fingerprint density at radius 3 is 1.11 bits per heavy atom. The maximum absolute atomic E-state index is 10.3. The third kappa shape index (κ3) is 84.6. The van der Waals surface area contributed by atoms with Gasteiger partial charge in [-0.1, -0.05) is 105 Å². The number of rotatable bonds is 17. The van der Waals surface area contributed by atoms with Crippen molar-refractivity contribution in [3.8, 4) is 0 Å². The van der Waals surface area contributed by atoms with Crippen molar-refractivity contribution in [3.05, 3.63) is 24.3 Å². The number of carbonyl (C=O) groups is 1.